The fourth-order valence-corrected chi connectivity index (χ4v) is 3.40. The van der Waals surface area contributed by atoms with Gasteiger partial charge in [-0.05, 0) is 57.9 Å². The Kier molecular flexibility index (Phi) is 6.31. The topological polar surface area (TPSA) is 18.5 Å². The highest BCUT2D eigenvalue weighted by atomic mass is 32.1. The van der Waals surface area contributed by atoms with Gasteiger partial charge in [0.25, 0.3) is 0 Å². The number of nitrogens with zero attached hydrogens (tertiary/aromatic N) is 2. The number of nitrogens with one attached hydrogen (secondary N) is 1. The molecule has 108 valence electrons. The molecule has 19 heavy (non-hydrogen) atoms. The van der Waals surface area contributed by atoms with Crippen LogP contribution in [0, 0.1) is 0 Å². The highest BCUT2D eigenvalue weighted by molar-refractivity contribution is 7.09. The SMILES string of the molecule is CN(C)C1CCN(CCNCCc2cccs2)CC1. The lowest BCUT2D eigenvalue weighted by Crippen LogP contribution is -2.44. The molecule has 0 saturated carbocycles. The van der Waals surface area contributed by atoms with Gasteiger partial charge in [-0.15, -0.1) is 11.3 Å². The molecule has 0 bridgehead atoms. The van der Waals surface area contributed by atoms with Crippen LogP contribution >= 0.6 is 11.3 Å². The molecule has 1 aliphatic rings. The van der Waals surface area contributed by atoms with E-state index in [1.807, 2.05) is 11.3 Å². The van der Waals surface area contributed by atoms with Crippen molar-refractivity contribution < 1.29 is 0 Å². The molecule has 0 spiro atoms. The number of thiophene rings is 1. The Morgan fingerprint density at radius 2 is 2.11 bits per heavy atom. The van der Waals surface area contributed by atoms with Crippen molar-refractivity contribution >= 4 is 11.3 Å². The van der Waals surface area contributed by atoms with Gasteiger partial charge in [-0.25, -0.2) is 0 Å². The van der Waals surface area contributed by atoms with Gasteiger partial charge < -0.3 is 15.1 Å². The average molecular weight is 281 g/mol. The molecule has 1 fully saturated rings. The van der Waals surface area contributed by atoms with Crippen molar-refractivity contribution in [2.75, 3.05) is 46.8 Å². The summed E-state index contributed by atoms with van der Waals surface area (Å²) in [4.78, 5) is 6.45. The maximum Gasteiger partial charge on any atom is 0.0113 e. The standard InChI is InChI=1S/C15H27N3S/c1-17(2)14-6-10-18(11-7-14)12-9-16-8-5-15-4-3-13-19-15/h3-4,13-14,16H,5-12H2,1-2H3. The first-order valence-electron chi connectivity index (χ1n) is 7.37. The van der Waals surface area contributed by atoms with E-state index in [9.17, 15) is 0 Å². The van der Waals surface area contributed by atoms with Crippen LogP contribution in [0.5, 0.6) is 0 Å². The summed E-state index contributed by atoms with van der Waals surface area (Å²) in [6, 6.07) is 5.15. The van der Waals surface area contributed by atoms with Gasteiger partial charge in [0, 0.05) is 30.6 Å². The Morgan fingerprint density at radius 3 is 2.74 bits per heavy atom. The van der Waals surface area contributed by atoms with E-state index in [1.165, 1.54) is 43.8 Å². The third-order valence-electron chi connectivity index (χ3n) is 4.02. The van der Waals surface area contributed by atoms with E-state index in [1.54, 1.807) is 0 Å². The Morgan fingerprint density at radius 1 is 1.32 bits per heavy atom. The molecule has 0 aromatic carbocycles. The quantitative estimate of drug-likeness (QED) is 0.770. The predicted molar refractivity (Wildman–Crippen MR) is 84.0 cm³/mol. The van der Waals surface area contributed by atoms with Gasteiger partial charge in [-0.1, -0.05) is 6.07 Å². The Balaban J connectivity index is 1.50. The van der Waals surface area contributed by atoms with Crippen LogP contribution in [0.1, 0.15) is 17.7 Å². The second-order valence-corrected chi connectivity index (χ2v) is 6.65. The van der Waals surface area contributed by atoms with Crippen LogP contribution in [-0.4, -0.2) is 62.7 Å². The molecule has 0 unspecified atom stereocenters. The first kappa shape index (κ1) is 15.0. The Labute approximate surface area is 121 Å². The number of hydrogen-bond acceptors (Lipinski definition) is 4. The molecule has 1 aromatic rings. The number of hydrogen-bond donors (Lipinski definition) is 1. The van der Waals surface area contributed by atoms with Crippen molar-refractivity contribution in [3.8, 4) is 0 Å². The number of likely N-dealkylation sites (tertiary alicyclic amines) is 1. The van der Waals surface area contributed by atoms with E-state index in [-0.39, 0.29) is 0 Å². The van der Waals surface area contributed by atoms with Gasteiger partial charge in [-0.3, -0.25) is 0 Å². The van der Waals surface area contributed by atoms with Gasteiger partial charge in [0.05, 0.1) is 0 Å². The number of rotatable bonds is 7. The minimum absolute atomic E-state index is 0.794. The second kappa shape index (κ2) is 8.00. The largest absolute Gasteiger partial charge is 0.315 e. The lowest BCUT2D eigenvalue weighted by atomic mass is 10.0. The lowest BCUT2D eigenvalue weighted by Gasteiger charge is -2.35. The van der Waals surface area contributed by atoms with E-state index in [4.69, 9.17) is 0 Å². The lowest BCUT2D eigenvalue weighted by molar-refractivity contribution is 0.145. The molecule has 1 aliphatic heterocycles. The summed E-state index contributed by atoms with van der Waals surface area (Å²) >= 11 is 1.86. The maximum atomic E-state index is 3.56. The van der Waals surface area contributed by atoms with Crippen LogP contribution < -0.4 is 5.32 Å². The first-order valence-corrected chi connectivity index (χ1v) is 8.25. The van der Waals surface area contributed by atoms with Crippen molar-refractivity contribution in [1.82, 2.24) is 15.1 Å². The normalized spacial score (nSPS) is 18.3. The zero-order valence-electron chi connectivity index (χ0n) is 12.3. The smallest absolute Gasteiger partial charge is 0.0113 e. The van der Waals surface area contributed by atoms with E-state index in [2.05, 4.69) is 46.7 Å². The minimum atomic E-state index is 0.794. The van der Waals surface area contributed by atoms with Crippen LogP contribution in [0.3, 0.4) is 0 Å². The first-order chi connectivity index (χ1) is 9.25. The van der Waals surface area contributed by atoms with Crippen LogP contribution in [-0.2, 0) is 6.42 Å². The van der Waals surface area contributed by atoms with Crippen molar-refractivity contribution in [1.29, 1.82) is 0 Å². The monoisotopic (exact) mass is 281 g/mol. The molecule has 0 radical (unpaired) electrons. The second-order valence-electron chi connectivity index (χ2n) is 5.62. The molecule has 3 nitrogen and oxygen atoms in total. The van der Waals surface area contributed by atoms with Crippen LogP contribution in [0.2, 0.25) is 0 Å². The minimum Gasteiger partial charge on any atom is -0.315 e. The fourth-order valence-electron chi connectivity index (χ4n) is 2.69. The molecule has 2 rings (SSSR count). The number of piperidine rings is 1. The highest BCUT2D eigenvalue weighted by Gasteiger charge is 2.19. The summed E-state index contributed by atoms with van der Waals surface area (Å²) in [5, 5.41) is 5.72. The van der Waals surface area contributed by atoms with Crippen LogP contribution in [0.4, 0.5) is 0 Å². The molecule has 1 N–H and O–H groups in total. The molecule has 0 atom stereocenters. The van der Waals surface area contributed by atoms with Crippen molar-refractivity contribution in [2.45, 2.75) is 25.3 Å². The van der Waals surface area contributed by atoms with Crippen molar-refractivity contribution in [3.63, 3.8) is 0 Å². The van der Waals surface area contributed by atoms with E-state index < -0.39 is 0 Å². The van der Waals surface area contributed by atoms with Gasteiger partial charge in [0.2, 0.25) is 0 Å². The third-order valence-corrected chi connectivity index (χ3v) is 4.96. The molecule has 1 saturated heterocycles. The van der Waals surface area contributed by atoms with Crippen molar-refractivity contribution in [2.24, 2.45) is 0 Å². The molecule has 0 aliphatic carbocycles. The summed E-state index contributed by atoms with van der Waals surface area (Å²) in [7, 11) is 4.40. The molecular formula is C15H27N3S. The highest BCUT2D eigenvalue weighted by Crippen LogP contribution is 2.13. The molecule has 0 amide bonds. The Bertz CT molecular complexity index is 329. The molecule has 4 heteroatoms. The van der Waals surface area contributed by atoms with Gasteiger partial charge >= 0.3 is 0 Å². The van der Waals surface area contributed by atoms with Crippen LogP contribution in [0.25, 0.3) is 0 Å². The van der Waals surface area contributed by atoms with E-state index >= 15 is 0 Å². The predicted octanol–water partition coefficient (Wildman–Crippen LogP) is 1.91. The summed E-state index contributed by atoms with van der Waals surface area (Å²) < 4.78 is 0. The zero-order valence-corrected chi connectivity index (χ0v) is 13.1. The summed E-state index contributed by atoms with van der Waals surface area (Å²) in [5.74, 6) is 0. The Hall–Kier alpha value is -0.420. The van der Waals surface area contributed by atoms with Crippen molar-refractivity contribution in [3.05, 3.63) is 22.4 Å². The summed E-state index contributed by atoms with van der Waals surface area (Å²) in [6.45, 7) is 5.95. The van der Waals surface area contributed by atoms with Gasteiger partial charge in [0.1, 0.15) is 0 Å². The zero-order chi connectivity index (χ0) is 13.5. The van der Waals surface area contributed by atoms with Crippen LogP contribution in [0.15, 0.2) is 17.5 Å². The summed E-state index contributed by atoms with van der Waals surface area (Å²) in [5.41, 5.74) is 0. The molecule has 1 aromatic heterocycles. The van der Waals surface area contributed by atoms with Gasteiger partial charge in [-0.2, -0.15) is 0 Å². The van der Waals surface area contributed by atoms with E-state index in [0.29, 0.717) is 0 Å². The molecule has 2 heterocycles. The maximum absolute atomic E-state index is 3.56. The molecular weight excluding hydrogens is 254 g/mol. The van der Waals surface area contributed by atoms with E-state index in [0.717, 1.165) is 19.1 Å². The van der Waals surface area contributed by atoms with Gasteiger partial charge in [0.15, 0.2) is 0 Å². The third kappa shape index (κ3) is 5.22. The summed E-state index contributed by atoms with van der Waals surface area (Å²) in [6.07, 6.45) is 3.81. The fraction of sp³-hybridized carbons (Fsp3) is 0.733. The average Bonchev–Trinajstić information content (AvgIpc) is 2.92.